The Labute approximate surface area is 204 Å². The largest absolute Gasteiger partial charge is 0.481 e. The monoisotopic (exact) mass is 485 g/mol. The van der Waals surface area contributed by atoms with Crippen LogP contribution in [0.3, 0.4) is 0 Å². The SMILES string of the molecule is NCCNC(=O)CCN(CC(=O)O)C(=O)CCCCCCCCCCCCCCCCC(=O)O. The summed E-state index contributed by atoms with van der Waals surface area (Å²) in [6, 6.07) is 0. The fourth-order valence-corrected chi connectivity index (χ4v) is 3.82. The van der Waals surface area contributed by atoms with E-state index >= 15 is 0 Å². The quantitative estimate of drug-likeness (QED) is 0.152. The zero-order chi connectivity index (χ0) is 25.4. The van der Waals surface area contributed by atoms with E-state index in [1.54, 1.807) is 0 Å². The minimum absolute atomic E-state index is 0.0752. The molecule has 0 saturated carbocycles. The number of carboxylic acid groups (broad SMARTS) is 2. The molecule has 0 aromatic carbocycles. The Kier molecular flexibility index (Phi) is 21.2. The van der Waals surface area contributed by atoms with Crippen molar-refractivity contribution in [3.8, 4) is 0 Å². The number of nitrogens with two attached hydrogens (primary N) is 1. The van der Waals surface area contributed by atoms with Crippen molar-refractivity contribution in [2.24, 2.45) is 5.73 Å². The fourth-order valence-electron chi connectivity index (χ4n) is 3.82. The molecule has 0 spiro atoms. The third kappa shape index (κ3) is 21.7. The lowest BCUT2D eigenvalue weighted by Gasteiger charge is -2.20. The molecule has 0 aliphatic carbocycles. The first-order chi connectivity index (χ1) is 16.4. The van der Waals surface area contributed by atoms with E-state index in [0.717, 1.165) is 44.9 Å². The first-order valence-corrected chi connectivity index (χ1v) is 13.0. The van der Waals surface area contributed by atoms with Crippen LogP contribution in [0.2, 0.25) is 0 Å². The van der Waals surface area contributed by atoms with Crippen LogP contribution in [0.1, 0.15) is 109 Å². The highest BCUT2D eigenvalue weighted by Gasteiger charge is 2.17. The maximum Gasteiger partial charge on any atom is 0.323 e. The molecule has 0 aromatic heterocycles. The number of hydrogen-bond acceptors (Lipinski definition) is 5. The van der Waals surface area contributed by atoms with Crippen molar-refractivity contribution >= 4 is 23.8 Å². The third-order valence-corrected chi connectivity index (χ3v) is 5.79. The second kappa shape index (κ2) is 22.6. The Morgan fingerprint density at radius 1 is 0.618 bits per heavy atom. The minimum atomic E-state index is -1.08. The van der Waals surface area contributed by atoms with Gasteiger partial charge in [0.2, 0.25) is 11.8 Å². The summed E-state index contributed by atoms with van der Waals surface area (Å²) in [7, 11) is 0. The average Bonchev–Trinajstić information content (AvgIpc) is 2.79. The maximum atomic E-state index is 12.4. The van der Waals surface area contributed by atoms with Crippen molar-refractivity contribution in [3.63, 3.8) is 0 Å². The fraction of sp³-hybridized carbons (Fsp3) is 0.840. The highest BCUT2D eigenvalue weighted by molar-refractivity contribution is 5.82. The number of hydrogen-bond donors (Lipinski definition) is 4. The second-order valence-electron chi connectivity index (χ2n) is 8.94. The Hall–Kier alpha value is -2.16. The van der Waals surface area contributed by atoms with Crippen LogP contribution in [0.15, 0.2) is 0 Å². The molecule has 0 heterocycles. The van der Waals surface area contributed by atoms with E-state index in [0.29, 0.717) is 19.5 Å². The van der Waals surface area contributed by atoms with Crippen molar-refractivity contribution in [2.75, 3.05) is 26.2 Å². The Morgan fingerprint density at radius 2 is 1.06 bits per heavy atom. The van der Waals surface area contributed by atoms with Gasteiger partial charge in [0.15, 0.2) is 0 Å². The lowest BCUT2D eigenvalue weighted by atomic mass is 10.0. The van der Waals surface area contributed by atoms with Gasteiger partial charge in [-0.2, -0.15) is 0 Å². The van der Waals surface area contributed by atoms with Crippen molar-refractivity contribution < 1.29 is 29.4 Å². The normalized spacial score (nSPS) is 10.7. The molecule has 9 nitrogen and oxygen atoms in total. The molecular formula is C25H47N3O6. The van der Waals surface area contributed by atoms with Gasteiger partial charge in [0, 0.05) is 38.9 Å². The molecule has 0 radical (unpaired) electrons. The summed E-state index contributed by atoms with van der Waals surface area (Å²) in [5.74, 6) is -2.23. The summed E-state index contributed by atoms with van der Waals surface area (Å²) < 4.78 is 0. The van der Waals surface area contributed by atoms with Crippen LogP contribution in [0.4, 0.5) is 0 Å². The molecule has 0 bridgehead atoms. The van der Waals surface area contributed by atoms with Gasteiger partial charge in [-0.05, 0) is 12.8 Å². The van der Waals surface area contributed by atoms with Crippen LogP contribution >= 0.6 is 0 Å². The molecule has 34 heavy (non-hydrogen) atoms. The molecule has 2 amide bonds. The van der Waals surface area contributed by atoms with Gasteiger partial charge in [-0.3, -0.25) is 19.2 Å². The number of carbonyl (C=O) groups is 4. The molecule has 0 atom stereocenters. The highest BCUT2D eigenvalue weighted by Crippen LogP contribution is 2.14. The van der Waals surface area contributed by atoms with Crippen molar-refractivity contribution in [1.82, 2.24) is 10.2 Å². The standard InChI is InChI=1S/C25H47N3O6/c26-18-19-27-22(29)17-20-28(21-25(33)34)23(30)15-13-11-9-7-5-3-1-2-4-6-8-10-12-14-16-24(31)32/h1-21,26H2,(H,27,29)(H,31,32)(H,33,34). The van der Waals surface area contributed by atoms with Gasteiger partial charge in [-0.25, -0.2) is 0 Å². The van der Waals surface area contributed by atoms with Gasteiger partial charge in [0.05, 0.1) is 0 Å². The summed E-state index contributed by atoms with van der Waals surface area (Å²) in [5.41, 5.74) is 5.33. The van der Waals surface area contributed by atoms with Crippen LogP contribution in [0.25, 0.3) is 0 Å². The van der Waals surface area contributed by atoms with Gasteiger partial charge in [-0.1, -0.05) is 77.0 Å². The van der Waals surface area contributed by atoms with E-state index in [2.05, 4.69) is 5.32 Å². The van der Waals surface area contributed by atoms with Crippen LogP contribution in [-0.4, -0.2) is 65.0 Å². The molecule has 0 aromatic rings. The van der Waals surface area contributed by atoms with Gasteiger partial charge < -0.3 is 26.2 Å². The van der Waals surface area contributed by atoms with E-state index in [1.807, 2.05) is 0 Å². The first kappa shape index (κ1) is 31.8. The smallest absolute Gasteiger partial charge is 0.323 e. The molecule has 198 valence electrons. The number of aliphatic carboxylic acids is 2. The Bertz CT molecular complexity index is 571. The molecule has 5 N–H and O–H groups in total. The molecule has 0 saturated heterocycles. The second-order valence-corrected chi connectivity index (χ2v) is 8.94. The Balaban J connectivity index is 3.66. The summed E-state index contributed by atoms with van der Waals surface area (Å²) >= 11 is 0. The predicted molar refractivity (Wildman–Crippen MR) is 132 cm³/mol. The van der Waals surface area contributed by atoms with E-state index in [1.165, 1.54) is 49.8 Å². The summed E-state index contributed by atoms with van der Waals surface area (Å²) in [5, 5.41) is 20.2. The van der Waals surface area contributed by atoms with Crippen LogP contribution in [0.5, 0.6) is 0 Å². The molecule has 0 rings (SSSR count). The van der Waals surface area contributed by atoms with Crippen molar-refractivity contribution in [3.05, 3.63) is 0 Å². The number of carboxylic acids is 2. The lowest BCUT2D eigenvalue weighted by Crippen LogP contribution is -2.39. The van der Waals surface area contributed by atoms with E-state index in [4.69, 9.17) is 15.9 Å². The first-order valence-electron chi connectivity index (χ1n) is 13.0. The van der Waals surface area contributed by atoms with Crippen molar-refractivity contribution in [1.29, 1.82) is 0 Å². The third-order valence-electron chi connectivity index (χ3n) is 5.79. The molecule has 0 aliphatic heterocycles. The maximum absolute atomic E-state index is 12.4. The highest BCUT2D eigenvalue weighted by atomic mass is 16.4. The van der Waals surface area contributed by atoms with Crippen LogP contribution in [-0.2, 0) is 19.2 Å². The molecular weight excluding hydrogens is 438 g/mol. The topological polar surface area (TPSA) is 150 Å². The van der Waals surface area contributed by atoms with Crippen molar-refractivity contribution in [2.45, 2.75) is 109 Å². The number of nitrogens with one attached hydrogen (secondary N) is 1. The molecule has 9 heteroatoms. The van der Waals surface area contributed by atoms with Crippen LogP contribution in [0, 0.1) is 0 Å². The molecule has 0 fully saturated rings. The average molecular weight is 486 g/mol. The molecule has 0 aliphatic rings. The van der Waals surface area contributed by atoms with E-state index in [-0.39, 0.29) is 37.7 Å². The minimum Gasteiger partial charge on any atom is -0.481 e. The number of amides is 2. The lowest BCUT2D eigenvalue weighted by molar-refractivity contribution is -0.145. The summed E-state index contributed by atoms with van der Waals surface area (Å²) in [6.07, 6.45) is 16.2. The number of nitrogens with zero attached hydrogens (tertiary/aromatic N) is 1. The van der Waals surface area contributed by atoms with E-state index in [9.17, 15) is 19.2 Å². The van der Waals surface area contributed by atoms with Gasteiger partial charge in [0.25, 0.3) is 0 Å². The van der Waals surface area contributed by atoms with Crippen LogP contribution < -0.4 is 11.1 Å². The number of rotatable bonds is 24. The Morgan fingerprint density at radius 3 is 1.47 bits per heavy atom. The zero-order valence-corrected chi connectivity index (χ0v) is 20.9. The van der Waals surface area contributed by atoms with Gasteiger partial charge >= 0.3 is 11.9 Å². The number of unbranched alkanes of at least 4 members (excludes halogenated alkanes) is 13. The summed E-state index contributed by atoms with van der Waals surface area (Å²) in [6.45, 7) is 0.422. The predicted octanol–water partition coefficient (Wildman–Crippen LogP) is 3.69. The zero-order valence-electron chi connectivity index (χ0n) is 20.9. The van der Waals surface area contributed by atoms with Gasteiger partial charge in [-0.15, -0.1) is 0 Å². The summed E-state index contributed by atoms with van der Waals surface area (Å²) in [4.78, 5) is 46.7. The molecule has 0 unspecified atom stereocenters. The number of carbonyl (C=O) groups excluding carboxylic acids is 2. The van der Waals surface area contributed by atoms with Gasteiger partial charge in [0.1, 0.15) is 6.54 Å². The van der Waals surface area contributed by atoms with E-state index < -0.39 is 11.9 Å².